The predicted octanol–water partition coefficient (Wildman–Crippen LogP) is 2.86. The largest absolute Gasteiger partial charge is 0.493 e. The third-order valence-corrected chi connectivity index (χ3v) is 5.21. The Labute approximate surface area is 189 Å². The fraction of sp³-hybridized carbons (Fsp3) is 0.261. The number of ether oxygens (including phenoxy) is 1. The second kappa shape index (κ2) is 9.21. The number of hydrogen-bond acceptors (Lipinski definition) is 7. The van der Waals surface area contributed by atoms with Crippen molar-refractivity contribution >= 4 is 16.9 Å². The van der Waals surface area contributed by atoms with E-state index < -0.39 is 5.91 Å². The van der Waals surface area contributed by atoms with Gasteiger partial charge in [0.2, 0.25) is 0 Å². The van der Waals surface area contributed by atoms with Crippen molar-refractivity contribution in [1.82, 2.24) is 30.2 Å². The Morgan fingerprint density at radius 1 is 1.24 bits per heavy atom. The molecular weight excluding hydrogens is 424 g/mol. The van der Waals surface area contributed by atoms with E-state index in [2.05, 4.69) is 15.1 Å². The Morgan fingerprint density at radius 3 is 2.73 bits per heavy atom. The molecule has 0 fully saturated rings. The van der Waals surface area contributed by atoms with Crippen molar-refractivity contribution in [2.24, 2.45) is 7.05 Å². The summed E-state index contributed by atoms with van der Waals surface area (Å²) in [6, 6.07) is 8.70. The molecule has 10 heteroatoms. The molecule has 0 aliphatic carbocycles. The van der Waals surface area contributed by atoms with Crippen LogP contribution in [0.1, 0.15) is 36.3 Å². The van der Waals surface area contributed by atoms with E-state index in [0.29, 0.717) is 46.9 Å². The first-order chi connectivity index (χ1) is 16.0. The maximum Gasteiger partial charge on any atom is 0.277 e. The van der Waals surface area contributed by atoms with Gasteiger partial charge >= 0.3 is 0 Å². The minimum Gasteiger partial charge on any atom is -0.493 e. The Kier molecular flexibility index (Phi) is 6.18. The molecule has 3 heterocycles. The van der Waals surface area contributed by atoms with E-state index in [1.54, 1.807) is 35.4 Å². The molecule has 0 bridgehead atoms. The van der Waals surface area contributed by atoms with Gasteiger partial charge in [0.05, 0.1) is 29.1 Å². The maximum atomic E-state index is 12.9. The van der Waals surface area contributed by atoms with Gasteiger partial charge < -0.3 is 9.72 Å². The molecule has 1 aromatic carbocycles. The number of carbonyl (C=O) groups excluding carboxylic acids is 1. The van der Waals surface area contributed by atoms with Crippen molar-refractivity contribution < 1.29 is 14.7 Å². The Hall–Kier alpha value is -4.05. The molecule has 170 valence electrons. The van der Waals surface area contributed by atoms with E-state index in [4.69, 9.17) is 14.9 Å². The van der Waals surface area contributed by atoms with Gasteiger partial charge in [0.1, 0.15) is 17.1 Å². The fourth-order valence-electron chi connectivity index (χ4n) is 3.70. The highest BCUT2D eigenvalue weighted by Gasteiger charge is 2.18. The van der Waals surface area contributed by atoms with Crippen LogP contribution in [0.5, 0.6) is 5.75 Å². The van der Waals surface area contributed by atoms with E-state index in [9.17, 15) is 9.59 Å². The standard InChI is InChI=1S/C23H24N6O4/c1-4-6-17-19-20(29(3)27-17)23(31)26-21(25-19)15-11-13(8-10-18(15)33-5-2)16-9-7-14(12-24-16)22(30)28-32/h7-12,32H,4-6H2,1-3H3,(H,28,30)(H,25,26,31). The Morgan fingerprint density at radius 2 is 2.06 bits per heavy atom. The Balaban J connectivity index is 1.86. The van der Waals surface area contributed by atoms with Crippen LogP contribution < -0.4 is 15.8 Å². The molecule has 0 atom stereocenters. The van der Waals surface area contributed by atoms with Crippen molar-refractivity contribution in [3.8, 4) is 28.4 Å². The number of nitrogens with one attached hydrogen (secondary N) is 2. The number of nitrogens with zero attached hydrogens (tertiary/aromatic N) is 4. The predicted molar refractivity (Wildman–Crippen MR) is 122 cm³/mol. The second-order valence-electron chi connectivity index (χ2n) is 7.45. The number of benzene rings is 1. The van der Waals surface area contributed by atoms with Crippen LogP contribution in [0, 0.1) is 0 Å². The van der Waals surface area contributed by atoms with Gasteiger partial charge in [-0.15, -0.1) is 0 Å². The number of hydrogen-bond donors (Lipinski definition) is 3. The molecule has 0 saturated heterocycles. The summed E-state index contributed by atoms with van der Waals surface area (Å²) in [4.78, 5) is 36.4. The van der Waals surface area contributed by atoms with E-state index in [1.807, 2.05) is 26.0 Å². The summed E-state index contributed by atoms with van der Waals surface area (Å²) >= 11 is 0. The first-order valence-electron chi connectivity index (χ1n) is 10.6. The number of hydroxylamine groups is 1. The lowest BCUT2D eigenvalue weighted by atomic mass is 10.0. The van der Waals surface area contributed by atoms with E-state index >= 15 is 0 Å². The van der Waals surface area contributed by atoms with Crippen molar-refractivity contribution in [3.05, 3.63) is 58.1 Å². The van der Waals surface area contributed by atoms with E-state index in [0.717, 1.165) is 17.7 Å². The van der Waals surface area contributed by atoms with Crippen LogP contribution in [0.2, 0.25) is 0 Å². The van der Waals surface area contributed by atoms with Crippen molar-refractivity contribution in [1.29, 1.82) is 0 Å². The first kappa shape index (κ1) is 22.2. The first-order valence-corrected chi connectivity index (χ1v) is 10.6. The third kappa shape index (κ3) is 4.20. The zero-order valence-corrected chi connectivity index (χ0v) is 18.5. The number of H-pyrrole nitrogens is 1. The molecule has 0 aliphatic heterocycles. The molecule has 0 spiro atoms. The SMILES string of the molecule is CCCc1nn(C)c2c(=O)[nH]c(-c3cc(-c4ccc(C(=O)NO)cn4)ccc3OCC)nc12. The van der Waals surface area contributed by atoms with Crippen molar-refractivity contribution in [3.63, 3.8) is 0 Å². The molecule has 1 amide bonds. The van der Waals surface area contributed by atoms with Crippen LogP contribution >= 0.6 is 0 Å². The lowest BCUT2D eigenvalue weighted by molar-refractivity contribution is 0.0706. The highest BCUT2D eigenvalue weighted by Crippen LogP contribution is 2.32. The average molecular weight is 448 g/mol. The van der Waals surface area contributed by atoms with Gasteiger partial charge in [0.15, 0.2) is 5.52 Å². The monoisotopic (exact) mass is 448 g/mol. The summed E-state index contributed by atoms with van der Waals surface area (Å²) in [5.74, 6) is 0.302. The summed E-state index contributed by atoms with van der Waals surface area (Å²) < 4.78 is 7.36. The van der Waals surface area contributed by atoms with Crippen LogP contribution in [0.15, 0.2) is 41.3 Å². The maximum absolute atomic E-state index is 12.9. The highest BCUT2D eigenvalue weighted by molar-refractivity contribution is 5.93. The number of aryl methyl sites for hydroxylation is 2. The minimum atomic E-state index is -0.643. The van der Waals surface area contributed by atoms with Crippen LogP contribution in [-0.4, -0.2) is 42.5 Å². The van der Waals surface area contributed by atoms with Crippen molar-refractivity contribution in [2.75, 3.05) is 6.61 Å². The van der Waals surface area contributed by atoms with Gasteiger partial charge in [-0.2, -0.15) is 5.10 Å². The molecule has 4 rings (SSSR count). The number of aromatic amines is 1. The summed E-state index contributed by atoms with van der Waals surface area (Å²) in [7, 11) is 1.73. The number of fused-ring (bicyclic) bond motifs is 1. The molecule has 3 aromatic heterocycles. The molecule has 33 heavy (non-hydrogen) atoms. The summed E-state index contributed by atoms with van der Waals surface area (Å²) in [5, 5.41) is 13.3. The van der Waals surface area contributed by atoms with Gasteiger partial charge in [0, 0.05) is 18.8 Å². The zero-order chi connectivity index (χ0) is 23.5. The van der Waals surface area contributed by atoms with E-state index in [-0.39, 0.29) is 11.1 Å². The summed E-state index contributed by atoms with van der Waals surface area (Å²) in [5.41, 5.74) is 5.26. The topological polar surface area (TPSA) is 135 Å². The normalized spacial score (nSPS) is 11.0. The zero-order valence-electron chi connectivity index (χ0n) is 18.5. The second-order valence-corrected chi connectivity index (χ2v) is 7.45. The summed E-state index contributed by atoms with van der Waals surface area (Å²) in [6.45, 7) is 4.37. The number of aromatic nitrogens is 5. The number of rotatable bonds is 7. The number of pyridine rings is 1. The molecule has 0 saturated carbocycles. The lowest BCUT2D eigenvalue weighted by Gasteiger charge is -2.12. The molecule has 0 aliphatic rings. The molecule has 0 unspecified atom stereocenters. The van der Waals surface area contributed by atoms with Crippen LogP contribution in [0.4, 0.5) is 0 Å². The van der Waals surface area contributed by atoms with Crippen LogP contribution in [-0.2, 0) is 13.5 Å². The molecule has 4 aromatic rings. The number of amides is 1. The third-order valence-electron chi connectivity index (χ3n) is 5.21. The van der Waals surface area contributed by atoms with Gasteiger partial charge in [-0.1, -0.05) is 13.3 Å². The quantitative estimate of drug-likeness (QED) is 0.292. The fourth-order valence-corrected chi connectivity index (χ4v) is 3.70. The smallest absolute Gasteiger partial charge is 0.277 e. The van der Waals surface area contributed by atoms with E-state index in [1.165, 1.54) is 6.20 Å². The highest BCUT2D eigenvalue weighted by atomic mass is 16.5. The minimum absolute atomic E-state index is 0.226. The van der Waals surface area contributed by atoms with Crippen molar-refractivity contribution in [2.45, 2.75) is 26.7 Å². The molecule has 0 radical (unpaired) electrons. The molecule has 3 N–H and O–H groups in total. The van der Waals surface area contributed by atoms with Gasteiger partial charge in [-0.25, -0.2) is 10.5 Å². The summed E-state index contributed by atoms with van der Waals surface area (Å²) in [6.07, 6.45) is 2.96. The van der Waals surface area contributed by atoms with Gasteiger partial charge in [-0.05, 0) is 43.7 Å². The molecule has 10 nitrogen and oxygen atoms in total. The molecular formula is C23H24N6O4. The van der Waals surface area contributed by atoms with Crippen LogP contribution in [0.3, 0.4) is 0 Å². The van der Waals surface area contributed by atoms with Crippen LogP contribution in [0.25, 0.3) is 33.7 Å². The van der Waals surface area contributed by atoms with Gasteiger partial charge in [0.25, 0.3) is 11.5 Å². The Bertz CT molecular complexity index is 1370. The lowest BCUT2D eigenvalue weighted by Crippen LogP contribution is -2.18. The van der Waals surface area contributed by atoms with Gasteiger partial charge in [-0.3, -0.25) is 24.5 Å². The average Bonchev–Trinajstić information content (AvgIpc) is 3.15. The number of carbonyl (C=O) groups is 1.